The summed E-state index contributed by atoms with van der Waals surface area (Å²) in [6.07, 6.45) is 4.78. The highest BCUT2D eigenvalue weighted by molar-refractivity contribution is 5.85. The Hall–Kier alpha value is -3.55. The van der Waals surface area contributed by atoms with Crippen LogP contribution in [0, 0.1) is 5.82 Å². The number of fused-ring (bicyclic) bond motifs is 1. The number of aromatic amines is 1. The SMILES string of the molecule is Fc1ccc(Oc2ccnc(CNc3ncnc4[nH]ncc34)c2)cc1. The Labute approximate surface area is 141 Å². The van der Waals surface area contributed by atoms with Gasteiger partial charge in [-0.1, -0.05) is 0 Å². The largest absolute Gasteiger partial charge is 0.457 e. The van der Waals surface area contributed by atoms with Crippen molar-refractivity contribution in [2.45, 2.75) is 6.54 Å². The number of aromatic nitrogens is 5. The van der Waals surface area contributed by atoms with E-state index in [-0.39, 0.29) is 5.82 Å². The summed E-state index contributed by atoms with van der Waals surface area (Å²) < 4.78 is 18.7. The van der Waals surface area contributed by atoms with Crippen molar-refractivity contribution in [1.82, 2.24) is 25.1 Å². The van der Waals surface area contributed by atoms with Crippen LogP contribution in [0.3, 0.4) is 0 Å². The van der Waals surface area contributed by atoms with Gasteiger partial charge in [0.2, 0.25) is 0 Å². The Morgan fingerprint density at radius 3 is 2.80 bits per heavy atom. The summed E-state index contributed by atoms with van der Waals surface area (Å²) >= 11 is 0. The molecule has 8 heteroatoms. The molecule has 0 unspecified atom stereocenters. The van der Waals surface area contributed by atoms with Crippen molar-refractivity contribution in [3.05, 3.63) is 66.6 Å². The van der Waals surface area contributed by atoms with Gasteiger partial charge in [0.05, 0.1) is 23.8 Å². The van der Waals surface area contributed by atoms with Crippen LogP contribution in [0.15, 0.2) is 55.1 Å². The number of pyridine rings is 1. The number of halogens is 1. The van der Waals surface area contributed by atoms with E-state index < -0.39 is 0 Å². The van der Waals surface area contributed by atoms with Crippen LogP contribution in [-0.2, 0) is 6.54 Å². The molecule has 1 aromatic carbocycles. The van der Waals surface area contributed by atoms with E-state index in [1.807, 2.05) is 6.07 Å². The molecule has 3 aromatic heterocycles. The number of hydrogen-bond acceptors (Lipinski definition) is 6. The number of rotatable bonds is 5. The Morgan fingerprint density at radius 2 is 1.92 bits per heavy atom. The van der Waals surface area contributed by atoms with Gasteiger partial charge in [0.25, 0.3) is 0 Å². The van der Waals surface area contributed by atoms with Crippen molar-refractivity contribution in [3.8, 4) is 11.5 Å². The number of nitrogens with one attached hydrogen (secondary N) is 2. The summed E-state index contributed by atoms with van der Waals surface area (Å²) in [4.78, 5) is 12.6. The average molecular weight is 336 g/mol. The molecule has 2 N–H and O–H groups in total. The molecule has 0 amide bonds. The fourth-order valence-electron chi connectivity index (χ4n) is 2.34. The highest BCUT2D eigenvalue weighted by Crippen LogP contribution is 2.22. The quantitative estimate of drug-likeness (QED) is 0.581. The fourth-order valence-corrected chi connectivity index (χ4v) is 2.34. The summed E-state index contributed by atoms with van der Waals surface area (Å²) in [6.45, 7) is 0.456. The van der Waals surface area contributed by atoms with Crippen molar-refractivity contribution in [1.29, 1.82) is 0 Å². The highest BCUT2D eigenvalue weighted by atomic mass is 19.1. The van der Waals surface area contributed by atoms with Gasteiger partial charge >= 0.3 is 0 Å². The molecule has 25 heavy (non-hydrogen) atoms. The molecule has 0 aliphatic carbocycles. The van der Waals surface area contributed by atoms with Crippen LogP contribution in [0.4, 0.5) is 10.2 Å². The number of benzene rings is 1. The lowest BCUT2D eigenvalue weighted by Crippen LogP contribution is -2.04. The van der Waals surface area contributed by atoms with E-state index >= 15 is 0 Å². The molecule has 0 spiro atoms. The fraction of sp³-hybridized carbons (Fsp3) is 0.0588. The lowest BCUT2D eigenvalue weighted by atomic mass is 10.3. The molecule has 4 aromatic rings. The second-order valence-electron chi connectivity index (χ2n) is 5.25. The summed E-state index contributed by atoms with van der Waals surface area (Å²) in [5.41, 5.74) is 1.44. The van der Waals surface area contributed by atoms with Gasteiger partial charge in [0.1, 0.15) is 29.5 Å². The first-order chi connectivity index (χ1) is 12.3. The third-order valence-corrected chi connectivity index (χ3v) is 3.52. The molecule has 0 bridgehead atoms. The maximum absolute atomic E-state index is 12.9. The van der Waals surface area contributed by atoms with Crippen LogP contribution in [0.2, 0.25) is 0 Å². The second-order valence-corrected chi connectivity index (χ2v) is 5.25. The summed E-state index contributed by atoms with van der Waals surface area (Å²) in [6, 6.07) is 9.40. The van der Waals surface area contributed by atoms with Crippen molar-refractivity contribution in [2.24, 2.45) is 0 Å². The molecule has 0 atom stereocenters. The molecule has 0 aliphatic rings. The predicted molar refractivity (Wildman–Crippen MR) is 89.7 cm³/mol. The predicted octanol–water partition coefficient (Wildman–Crippen LogP) is 3.29. The summed E-state index contributed by atoms with van der Waals surface area (Å²) in [5.74, 6) is 1.55. The van der Waals surface area contributed by atoms with Gasteiger partial charge < -0.3 is 10.1 Å². The van der Waals surface area contributed by atoms with E-state index in [9.17, 15) is 4.39 Å². The van der Waals surface area contributed by atoms with E-state index in [4.69, 9.17) is 4.74 Å². The third-order valence-electron chi connectivity index (χ3n) is 3.52. The Kier molecular flexibility index (Phi) is 3.91. The zero-order valence-corrected chi connectivity index (χ0v) is 13.0. The zero-order chi connectivity index (χ0) is 17.1. The van der Waals surface area contributed by atoms with Gasteiger partial charge in [0, 0.05) is 12.3 Å². The maximum atomic E-state index is 12.9. The van der Waals surface area contributed by atoms with Crippen molar-refractivity contribution in [2.75, 3.05) is 5.32 Å². The number of H-pyrrole nitrogens is 1. The third kappa shape index (κ3) is 3.37. The molecule has 0 fully saturated rings. The van der Waals surface area contributed by atoms with Gasteiger partial charge in [-0.25, -0.2) is 14.4 Å². The monoisotopic (exact) mass is 336 g/mol. The van der Waals surface area contributed by atoms with E-state index in [2.05, 4.69) is 30.5 Å². The minimum atomic E-state index is -0.303. The molecule has 0 aliphatic heterocycles. The van der Waals surface area contributed by atoms with Crippen molar-refractivity contribution in [3.63, 3.8) is 0 Å². The van der Waals surface area contributed by atoms with Gasteiger partial charge in [0.15, 0.2) is 5.65 Å². The molecule has 3 heterocycles. The maximum Gasteiger partial charge on any atom is 0.160 e. The smallest absolute Gasteiger partial charge is 0.160 e. The molecule has 4 rings (SSSR count). The van der Waals surface area contributed by atoms with E-state index in [0.29, 0.717) is 29.5 Å². The Balaban J connectivity index is 1.48. The first kappa shape index (κ1) is 15.0. The molecular weight excluding hydrogens is 323 g/mol. The van der Waals surface area contributed by atoms with Crippen molar-refractivity contribution >= 4 is 16.9 Å². The standard InChI is InChI=1S/C17H13FN6O/c18-11-1-3-13(4-2-11)25-14-5-6-19-12(7-14)8-20-16-15-9-23-24-17(15)22-10-21-16/h1-7,9-10H,8H2,(H2,20,21,22,23,24). The van der Waals surface area contributed by atoms with Crippen LogP contribution in [0.25, 0.3) is 11.0 Å². The van der Waals surface area contributed by atoms with Crippen molar-refractivity contribution < 1.29 is 9.13 Å². The van der Waals surface area contributed by atoms with E-state index in [0.717, 1.165) is 11.1 Å². The summed E-state index contributed by atoms with van der Waals surface area (Å²) in [5, 5.41) is 10.8. The van der Waals surface area contributed by atoms with Crippen LogP contribution < -0.4 is 10.1 Å². The molecule has 0 saturated carbocycles. The van der Waals surface area contributed by atoms with Crippen LogP contribution in [0.1, 0.15) is 5.69 Å². The Morgan fingerprint density at radius 1 is 1.04 bits per heavy atom. The van der Waals surface area contributed by atoms with Gasteiger partial charge in [-0.05, 0) is 30.3 Å². The van der Waals surface area contributed by atoms with Crippen LogP contribution in [0.5, 0.6) is 11.5 Å². The van der Waals surface area contributed by atoms with Gasteiger partial charge in [-0.15, -0.1) is 0 Å². The molecular formula is C17H13FN6O. The number of hydrogen-bond donors (Lipinski definition) is 2. The average Bonchev–Trinajstić information content (AvgIpc) is 3.12. The topological polar surface area (TPSA) is 88.6 Å². The number of nitrogens with zero attached hydrogens (tertiary/aromatic N) is 4. The van der Waals surface area contributed by atoms with E-state index in [1.165, 1.54) is 18.5 Å². The summed E-state index contributed by atoms with van der Waals surface area (Å²) in [7, 11) is 0. The van der Waals surface area contributed by atoms with Gasteiger partial charge in [-0.2, -0.15) is 5.10 Å². The highest BCUT2D eigenvalue weighted by Gasteiger charge is 2.06. The molecule has 124 valence electrons. The number of anilines is 1. The lowest BCUT2D eigenvalue weighted by molar-refractivity contribution is 0.479. The number of ether oxygens (including phenoxy) is 1. The Bertz CT molecular complexity index is 1000. The normalized spacial score (nSPS) is 10.8. The molecule has 7 nitrogen and oxygen atoms in total. The second kappa shape index (κ2) is 6.52. The first-order valence-electron chi connectivity index (χ1n) is 7.54. The lowest BCUT2D eigenvalue weighted by Gasteiger charge is -2.08. The molecule has 0 radical (unpaired) electrons. The minimum absolute atomic E-state index is 0.303. The van der Waals surface area contributed by atoms with E-state index in [1.54, 1.807) is 30.6 Å². The zero-order valence-electron chi connectivity index (χ0n) is 13.0. The van der Waals surface area contributed by atoms with Gasteiger partial charge in [-0.3, -0.25) is 10.1 Å². The first-order valence-corrected chi connectivity index (χ1v) is 7.54. The molecule has 0 saturated heterocycles. The van der Waals surface area contributed by atoms with Crippen LogP contribution in [-0.4, -0.2) is 25.1 Å². The van der Waals surface area contributed by atoms with Crippen LogP contribution >= 0.6 is 0 Å². The minimum Gasteiger partial charge on any atom is -0.457 e.